The van der Waals surface area contributed by atoms with Gasteiger partial charge in [0.1, 0.15) is 18.1 Å². The number of fused-ring (bicyclic) bond motifs is 2. The Kier molecular flexibility index (Phi) is 7.37. The summed E-state index contributed by atoms with van der Waals surface area (Å²) in [5, 5.41) is 17.3. The molecule has 3 N–H and O–H groups in total. The Morgan fingerprint density at radius 2 is 1.88 bits per heavy atom. The van der Waals surface area contributed by atoms with Gasteiger partial charge in [-0.25, -0.2) is 0 Å². The Morgan fingerprint density at radius 1 is 1.23 bits per heavy atom. The van der Waals surface area contributed by atoms with E-state index in [9.17, 15) is 37.6 Å². The van der Waals surface area contributed by atoms with Crippen LogP contribution in [0.1, 0.15) is 52.5 Å². The first-order valence-electron chi connectivity index (χ1n) is 12.9. The third kappa shape index (κ3) is 5.23. The van der Waals surface area contributed by atoms with Crippen molar-refractivity contribution in [2.24, 2.45) is 22.7 Å². The van der Waals surface area contributed by atoms with Crippen molar-refractivity contribution in [3.63, 3.8) is 0 Å². The van der Waals surface area contributed by atoms with Gasteiger partial charge in [0.05, 0.1) is 22.7 Å². The molecule has 2 aliphatic heterocycles. The average molecular weight is 582 g/mol. The van der Waals surface area contributed by atoms with Crippen LogP contribution >= 0.6 is 11.6 Å². The third-order valence-corrected chi connectivity index (χ3v) is 8.65. The van der Waals surface area contributed by atoms with Gasteiger partial charge in [0.25, 0.3) is 0 Å². The molecule has 6 atom stereocenters. The van der Waals surface area contributed by atoms with Gasteiger partial charge in [0.2, 0.25) is 17.7 Å². The van der Waals surface area contributed by atoms with Crippen molar-refractivity contribution in [3.8, 4) is 6.07 Å². The number of likely N-dealkylation sites (tertiary alicyclic amines) is 1. The van der Waals surface area contributed by atoms with Crippen LogP contribution in [0.4, 0.5) is 18.9 Å². The molecule has 2 heterocycles. The van der Waals surface area contributed by atoms with E-state index in [2.05, 4.69) is 10.6 Å². The highest BCUT2D eigenvalue weighted by atomic mass is 35.5. The lowest BCUT2D eigenvalue weighted by Crippen LogP contribution is -2.61. The molecular weight excluding hydrogens is 551 g/mol. The molecule has 0 bridgehead atoms. The van der Waals surface area contributed by atoms with Gasteiger partial charge in [-0.1, -0.05) is 58.4 Å². The number of carbonyl (C=O) groups is 4. The van der Waals surface area contributed by atoms with E-state index in [-0.39, 0.29) is 36.1 Å². The summed E-state index contributed by atoms with van der Waals surface area (Å²) < 4.78 is 39.1. The number of amides is 4. The minimum Gasteiger partial charge on any atom is -0.339 e. The van der Waals surface area contributed by atoms with E-state index in [0.29, 0.717) is 16.3 Å². The number of rotatable bonds is 6. The second kappa shape index (κ2) is 9.94. The van der Waals surface area contributed by atoms with Crippen LogP contribution in [-0.2, 0) is 19.2 Å². The number of anilines is 1. The maximum atomic E-state index is 13.6. The maximum absolute atomic E-state index is 13.6. The zero-order chi connectivity index (χ0) is 29.9. The van der Waals surface area contributed by atoms with Crippen molar-refractivity contribution in [2.45, 2.75) is 71.3 Å². The van der Waals surface area contributed by atoms with E-state index in [0.717, 1.165) is 0 Å². The molecule has 0 aromatic heterocycles. The molecular formula is C27H31ClF3N5O4. The SMILES string of the molecule is CC(C)(C)C(NC(=O)C(F)(F)F)C(=O)N1CC2C(C1C(=O)NC(C#N)CC1C(=O)Nc3c(Cl)cccc31)C2(C)C. The van der Waals surface area contributed by atoms with Crippen molar-refractivity contribution < 1.29 is 32.3 Å². The van der Waals surface area contributed by atoms with E-state index >= 15 is 0 Å². The predicted octanol–water partition coefficient (Wildman–Crippen LogP) is 3.35. The van der Waals surface area contributed by atoms with Gasteiger partial charge in [-0.3, -0.25) is 19.2 Å². The molecule has 1 saturated carbocycles. The Hall–Kier alpha value is -3.33. The number of halogens is 4. The summed E-state index contributed by atoms with van der Waals surface area (Å²) in [6.07, 6.45) is -5.24. The third-order valence-electron chi connectivity index (χ3n) is 8.34. The molecule has 216 valence electrons. The fourth-order valence-corrected chi connectivity index (χ4v) is 6.26. The van der Waals surface area contributed by atoms with Gasteiger partial charge >= 0.3 is 12.1 Å². The first-order valence-corrected chi connectivity index (χ1v) is 13.2. The van der Waals surface area contributed by atoms with Crippen LogP contribution in [0.3, 0.4) is 0 Å². The monoisotopic (exact) mass is 581 g/mol. The molecule has 1 aliphatic carbocycles. The molecule has 1 saturated heterocycles. The molecule has 1 aromatic rings. The Balaban J connectivity index is 1.55. The molecule has 4 amide bonds. The molecule has 4 rings (SSSR count). The molecule has 13 heteroatoms. The van der Waals surface area contributed by atoms with Crippen molar-refractivity contribution in [2.75, 3.05) is 11.9 Å². The van der Waals surface area contributed by atoms with Crippen LogP contribution in [0.2, 0.25) is 5.02 Å². The quantitative estimate of drug-likeness (QED) is 0.474. The minimum absolute atomic E-state index is 0.0498. The first kappa shape index (κ1) is 29.6. The Labute approximate surface area is 234 Å². The largest absolute Gasteiger partial charge is 0.471 e. The lowest BCUT2D eigenvalue weighted by atomic mass is 9.85. The fraction of sp³-hybridized carbons (Fsp3) is 0.593. The summed E-state index contributed by atoms with van der Waals surface area (Å²) in [6.45, 7) is 8.54. The average Bonchev–Trinajstić information content (AvgIpc) is 3.16. The Morgan fingerprint density at radius 3 is 2.45 bits per heavy atom. The van der Waals surface area contributed by atoms with E-state index in [4.69, 9.17) is 11.6 Å². The first-order chi connectivity index (χ1) is 18.4. The summed E-state index contributed by atoms with van der Waals surface area (Å²) in [5.41, 5.74) is -0.358. The molecule has 2 fully saturated rings. The number of nitrogens with zero attached hydrogens (tertiary/aromatic N) is 2. The second-order valence-electron chi connectivity index (χ2n) is 12.3. The number of carbonyl (C=O) groups excluding carboxylic acids is 4. The van der Waals surface area contributed by atoms with Gasteiger partial charge in [-0.05, 0) is 40.7 Å². The highest BCUT2D eigenvalue weighted by molar-refractivity contribution is 6.34. The van der Waals surface area contributed by atoms with Crippen LogP contribution in [0.5, 0.6) is 0 Å². The summed E-state index contributed by atoms with van der Waals surface area (Å²) in [5.74, 6) is -5.17. The van der Waals surface area contributed by atoms with Crippen molar-refractivity contribution >= 4 is 40.9 Å². The molecule has 6 unspecified atom stereocenters. The number of alkyl halides is 3. The van der Waals surface area contributed by atoms with E-state index in [1.54, 1.807) is 18.2 Å². The fourth-order valence-electron chi connectivity index (χ4n) is 6.03. The van der Waals surface area contributed by atoms with Crippen LogP contribution in [-0.4, -0.2) is 59.4 Å². The van der Waals surface area contributed by atoms with E-state index in [1.165, 1.54) is 25.7 Å². The number of nitrogens with one attached hydrogen (secondary N) is 3. The van der Waals surface area contributed by atoms with Gasteiger partial charge < -0.3 is 20.9 Å². The maximum Gasteiger partial charge on any atom is 0.471 e. The second-order valence-corrected chi connectivity index (χ2v) is 12.7. The van der Waals surface area contributed by atoms with Crippen LogP contribution in [0.25, 0.3) is 0 Å². The lowest BCUT2D eigenvalue weighted by molar-refractivity contribution is -0.176. The molecule has 0 spiro atoms. The smallest absolute Gasteiger partial charge is 0.339 e. The van der Waals surface area contributed by atoms with Crippen molar-refractivity contribution in [3.05, 3.63) is 28.8 Å². The number of hydrogen-bond acceptors (Lipinski definition) is 5. The van der Waals surface area contributed by atoms with E-state index in [1.807, 2.05) is 25.2 Å². The topological polar surface area (TPSA) is 131 Å². The predicted molar refractivity (Wildman–Crippen MR) is 139 cm³/mol. The standard InChI is InChI=1S/C27H31ClF3N5O4/c1-25(2,3)20(35-24(40)27(29,30)31)23(39)36-11-15-17(26(15,4)5)19(36)22(38)33-12(10-32)9-14-13-7-6-8-16(28)18(13)34-21(14)37/h6-8,12,14-15,17,19-20H,9,11H2,1-5H3,(H,33,38)(H,34,37)(H,35,40). The highest BCUT2D eigenvalue weighted by Gasteiger charge is 2.70. The van der Waals surface area contributed by atoms with Crippen molar-refractivity contribution in [1.82, 2.24) is 15.5 Å². The zero-order valence-electron chi connectivity index (χ0n) is 22.6. The van der Waals surface area contributed by atoms with Crippen molar-refractivity contribution in [1.29, 1.82) is 5.26 Å². The van der Waals surface area contributed by atoms with Gasteiger partial charge in [-0.15, -0.1) is 0 Å². The summed E-state index contributed by atoms with van der Waals surface area (Å²) in [7, 11) is 0. The summed E-state index contributed by atoms with van der Waals surface area (Å²) in [6, 6.07) is 3.29. The highest BCUT2D eigenvalue weighted by Crippen LogP contribution is 2.65. The number of piperidine rings is 1. The zero-order valence-corrected chi connectivity index (χ0v) is 23.4. The van der Waals surface area contributed by atoms with Crippen LogP contribution < -0.4 is 16.0 Å². The normalized spacial score (nSPS) is 26.1. The van der Waals surface area contributed by atoms with E-state index < -0.39 is 53.4 Å². The molecule has 1 aromatic carbocycles. The minimum atomic E-state index is -5.19. The van der Waals surface area contributed by atoms with Crippen LogP contribution in [0, 0.1) is 34.0 Å². The molecule has 0 radical (unpaired) electrons. The number of para-hydroxylation sites is 1. The summed E-state index contributed by atoms with van der Waals surface area (Å²) in [4.78, 5) is 52.8. The van der Waals surface area contributed by atoms with Gasteiger partial charge in [0, 0.05) is 6.54 Å². The van der Waals surface area contributed by atoms with Crippen LogP contribution in [0.15, 0.2) is 18.2 Å². The lowest BCUT2D eigenvalue weighted by Gasteiger charge is -2.37. The molecule has 3 aliphatic rings. The molecule has 40 heavy (non-hydrogen) atoms. The number of nitriles is 1. The molecule has 9 nitrogen and oxygen atoms in total. The number of hydrogen-bond donors (Lipinski definition) is 3. The Bertz CT molecular complexity index is 1300. The number of benzene rings is 1. The van der Waals surface area contributed by atoms with Gasteiger partial charge in [-0.2, -0.15) is 18.4 Å². The van der Waals surface area contributed by atoms with Gasteiger partial charge in [0.15, 0.2) is 0 Å². The summed E-state index contributed by atoms with van der Waals surface area (Å²) >= 11 is 6.17.